The lowest BCUT2D eigenvalue weighted by Gasteiger charge is -2.33. The van der Waals surface area contributed by atoms with E-state index in [1.165, 1.54) is 4.31 Å². The summed E-state index contributed by atoms with van der Waals surface area (Å²) in [4.78, 5) is 28.1. The number of nitrogens with one attached hydrogen (secondary N) is 1. The molecule has 3 aromatic carbocycles. The van der Waals surface area contributed by atoms with Gasteiger partial charge in [-0.3, -0.25) is 14.1 Å². The second-order valence-corrected chi connectivity index (χ2v) is 11.4. The van der Waals surface area contributed by atoms with Crippen molar-refractivity contribution in [2.75, 3.05) is 17.5 Å². The summed E-state index contributed by atoms with van der Waals surface area (Å²) in [6.45, 7) is 6.16. The van der Waals surface area contributed by atoms with Gasteiger partial charge < -0.3 is 20.7 Å². The number of carbonyl (C=O) groups excluding carboxylic acids is 2. The highest BCUT2D eigenvalue weighted by molar-refractivity contribution is 7.81. The van der Waals surface area contributed by atoms with Gasteiger partial charge in [-0.2, -0.15) is 0 Å². The Hall–Kier alpha value is -3.57. The first-order valence-corrected chi connectivity index (χ1v) is 14.2. The van der Waals surface area contributed by atoms with E-state index in [1.54, 1.807) is 30.9 Å². The van der Waals surface area contributed by atoms with Crippen molar-refractivity contribution >= 4 is 34.5 Å². The van der Waals surface area contributed by atoms with Gasteiger partial charge in [0.15, 0.2) is 0 Å². The van der Waals surface area contributed by atoms with E-state index in [0.29, 0.717) is 37.5 Å². The molecule has 3 aromatic rings. The van der Waals surface area contributed by atoms with E-state index in [2.05, 4.69) is 5.32 Å². The molecule has 2 amide bonds. The Morgan fingerprint density at radius 2 is 1.75 bits per heavy atom. The summed E-state index contributed by atoms with van der Waals surface area (Å²) in [5, 5.41) is 2.77. The zero-order valence-corrected chi connectivity index (χ0v) is 23.8. The molecule has 212 valence electrons. The van der Waals surface area contributed by atoms with E-state index in [-0.39, 0.29) is 12.5 Å². The normalized spacial score (nSPS) is 14.7. The molecule has 0 radical (unpaired) electrons. The molecular weight excluding hydrogens is 528 g/mol. The van der Waals surface area contributed by atoms with E-state index in [4.69, 9.17) is 10.5 Å². The monoisotopic (exact) mass is 564 g/mol. The predicted octanol–water partition coefficient (Wildman–Crippen LogP) is 3.59. The third-order valence-electron chi connectivity index (χ3n) is 6.76. The van der Waals surface area contributed by atoms with Crippen LogP contribution in [-0.4, -0.2) is 50.2 Å². The van der Waals surface area contributed by atoms with Crippen LogP contribution in [0, 0.1) is 6.92 Å². The first-order valence-electron chi connectivity index (χ1n) is 13.1. The zero-order chi connectivity index (χ0) is 28.9. The van der Waals surface area contributed by atoms with Crippen molar-refractivity contribution in [2.24, 2.45) is 5.73 Å². The minimum Gasteiger partial charge on any atom is -0.374 e. The van der Waals surface area contributed by atoms with Crippen molar-refractivity contribution in [1.29, 1.82) is 0 Å². The van der Waals surface area contributed by atoms with E-state index in [0.717, 1.165) is 22.3 Å². The fourth-order valence-electron chi connectivity index (χ4n) is 4.48. The Bertz CT molecular complexity index is 1360. The topological polar surface area (TPSA) is 125 Å². The minimum atomic E-state index is -2.30. The Morgan fingerprint density at radius 3 is 2.40 bits per heavy atom. The summed E-state index contributed by atoms with van der Waals surface area (Å²) in [6.07, 6.45) is 0.613. The maximum Gasteiger partial charge on any atom is 0.266 e. The van der Waals surface area contributed by atoms with Gasteiger partial charge in [0, 0.05) is 13.1 Å². The third kappa shape index (κ3) is 7.33. The molecule has 2 atom stereocenters. The van der Waals surface area contributed by atoms with Gasteiger partial charge in [0.25, 0.3) is 11.3 Å². The van der Waals surface area contributed by atoms with Gasteiger partial charge in [-0.25, -0.2) is 8.51 Å². The van der Waals surface area contributed by atoms with Crippen LogP contribution in [0.15, 0.2) is 72.8 Å². The first-order chi connectivity index (χ1) is 19.0. The van der Waals surface area contributed by atoms with Gasteiger partial charge in [0.05, 0.1) is 30.1 Å². The van der Waals surface area contributed by atoms with Crippen LogP contribution >= 0.6 is 0 Å². The summed E-state index contributed by atoms with van der Waals surface area (Å²) >= 11 is -2.30. The van der Waals surface area contributed by atoms with Gasteiger partial charge in [-0.1, -0.05) is 54.1 Å². The molecule has 9 nitrogen and oxygen atoms in total. The molecule has 0 saturated carbocycles. The van der Waals surface area contributed by atoms with Gasteiger partial charge >= 0.3 is 0 Å². The lowest BCUT2D eigenvalue weighted by atomic mass is 9.98. The summed E-state index contributed by atoms with van der Waals surface area (Å²) in [7, 11) is 0. The summed E-state index contributed by atoms with van der Waals surface area (Å²) in [5.74, 6) is -0.726. The number of fused-ring (bicyclic) bond motifs is 1. The van der Waals surface area contributed by atoms with Crippen LogP contribution in [0.25, 0.3) is 0 Å². The molecular formula is C30H36N4O5S. The van der Waals surface area contributed by atoms with Crippen molar-refractivity contribution in [3.63, 3.8) is 0 Å². The highest BCUT2D eigenvalue weighted by atomic mass is 32.2. The number of benzene rings is 3. The molecule has 10 heteroatoms. The van der Waals surface area contributed by atoms with E-state index in [9.17, 15) is 18.4 Å². The van der Waals surface area contributed by atoms with Gasteiger partial charge in [-0.05, 0) is 68.1 Å². The molecule has 0 aliphatic carbocycles. The van der Waals surface area contributed by atoms with Crippen molar-refractivity contribution in [2.45, 2.75) is 51.9 Å². The molecule has 0 saturated heterocycles. The molecule has 4 rings (SSSR count). The lowest BCUT2D eigenvalue weighted by molar-refractivity contribution is -0.140. The number of nitrogens with zero attached hydrogens (tertiary/aromatic N) is 2. The van der Waals surface area contributed by atoms with Crippen LogP contribution < -0.4 is 15.4 Å². The smallest absolute Gasteiger partial charge is 0.266 e. The Morgan fingerprint density at radius 1 is 1.07 bits per heavy atom. The first kappa shape index (κ1) is 29.4. The zero-order valence-electron chi connectivity index (χ0n) is 23.0. The molecule has 40 heavy (non-hydrogen) atoms. The van der Waals surface area contributed by atoms with Crippen LogP contribution in [-0.2, 0) is 45.2 Å². The van der Waals surface area contributed by atoms with Gasteiger partial charge in [-0.15, -0.1) is 0 Å². The molecule has 0 spiro atoms. The van der Waals surface area contributed by atoms with Gasteiger partial charge in [0.2, 0.25) is 11.8 Å². The molecule has 1 aliphatic heterocycles. The molecule has 2 unspecified atom stereocenters. The van der Waals surface area contributed by atoms with Crippen molar-refractivity contribution in [3.8, 4) is 0 Å². The third-order valence-corrected chi connectivity index (χ3v) is 7.49. The predicted molar refractivity (Wildman–Crippen MR) is 156 cm³/mol. The molecule has 0 fully saturated rings. The highest BCUT2D eigenvalue weighted by Crippen LogP contribution is 2.31. The van der Waals surface area contributed by atoms with Crippen LogP contribution in [0.5, 0.6) is 0 Å². The SMILES string of the molecule is Cc1ccc(N(c2ccc3c(c2)CN(C(=O)C(COCc2ccccc2)NC(=O)C(C)(C)N)CC3)S(=O)O)cc1. The number of amides is 2. The van der Waals surface area contributed by atoms with Crippen LogP contribution in [0.1, 0.15) is 36.1 Å². The highest BCUT2D eigenvalue weighted by Gasteiger charge is 2.32. The maximum atomic E-state index is 13.7. The largest absolute Gasteiger partial charge is 0.374 e. The lowest BCUT2D eigenvalue weighted by Crippen LogP contribution is -2.58. The number of nitrogens with two attached hydrogens (primary N) is 1. The van der Waals surface area contributed by atoms with Crippen LogP contribution in [0.4, 0.5) is 11.4 Å². The molecule has 1 aliphatic rings. The fraction of sp³-hybridized carbons (Fsp3) is 0.333. The van der Waals surface area contributed by atoms with Gasteiger partial charge in [0.1, 0.15) is 6.04 Å². The summed E-state index contributed by atoms with van der Waals surface area (Å²) in [6, 6.07) is 21.6. The fourth-order valence-corrected chi connectivity index (χ4v) is 5.07. The summed E-state index contributed by atoms with van der Waals surface area (Å²) < 4.78 is 29.6. The number of hydrogen-bond acceptors (Lipinski definition) is 5. The van der Waals surface area contributed by atoms with E-state index < -0.39 is 28.8 Å². The summed E-state index contributed by atoms with van der Waals surface area (Å²) in [5.41, 5.74) is 9.87. The van der Waals surface area contributed by atoms with Crippen molar-refractivity contribution < 1.29 is 23.1 Å². The molecule has 1 heterocycles. The maximum absolute atomic E-state index is 13.7. The van der Waals surface area contributed by atoms with Crippen molar-refractivity contribution in [3.05, 3.63) is 95.1 Å². The number of ether oxygens (including phenoxy) is 1. The Balaban J connectivity index is 1.53. The molecule has 0 aromatic heterocycles. The number of anilines is 2. The van der Waals surface area contributed by atoms with Crippen LogP contribution in [0.3, 0.4) is 0 Å². The Labute approximate surface area is 237 Å². The number of rotatable bonds is 10. The second-order valence-electron chi connectivity index (χ2n) is 10.6. The standard InChI is InChI=1S/C30H36N4O5S/c1-21-9-12-25(13-10-21)34(40(37)38)26-14-11-23-15-16-33(18-24(23)17-26)28(35)27(32-29(36)30(2,3)31)20-39-19-22-7-5-4-6-8-22/h4-14,17,27H,15-16,18-20,31H2,1-3H3,(H,32,36)(H,37,38). The minimum absolute atomic E-state index is 0.0103. The number of carbonyl (C=O) groups is 2. The average Bonchev–Trinajstić information content (AvgIpc) is 2.92. The van der Waals surface area contributed by atoms with E-state index >= 15 is 0 Å². The molecule has 4 N–H and O–H groups in total. The molecule has 0 bridgehead atoms. The number of aryl methyl sites for hydroxylation is 1. The van der Waals surface area contributed by atoms with E-state index in [1.807, 2.05) is 67.6 Å². The van der Waals surface area contributed by atoms with Crippen LogP contribution in [0.2, 0.25) is 0 Å². The van der Waals surface area contributed by atoms with Crippen molar-refractivity contribution in [1.82, 2.24) is 10.2 Å². The number of hydrogen-bond donors (Lipinski definition) is 3. The average molecular weight is 565 g/mol. The Kier molecular flexibility index (Phi) is 9.36. The second kappa shape index (κ2) is 12.7. The quantitative estimate of drug-likeness (QED) is 0.323.